The minimum absolute atomic E-state index is 0.0415. The SMILES string of the molecule is CC/C=C/CCCCCCCCCCCCCC(=O)C1=[N+](CC(O)CS(=O)(=O)O)CCN1CCO. The zero-order chi connectivity index (χ0) is 25.9. The number of carbonyl (C=O) groups excluding carboxylic acids is 1. The molecule has 1 unspecified atom stereocenters. The number of aliphatic hydroxyl groups excluding tert-OH is 2. The molecule has 0 aromatic carbocycles. The number of Topliss-reactive ketones (excluding diaryl/α,β-unsaturated/α-hetero) is 1. The van der Waals surface area contributed by atoms with Gasteiger partial charge in [0.15, 0.2) is 0 Å². The van der Waals surface area contributed by atoms with E-state index in [-0.39, 0.29) is 18.9 Å². The number of aliphatic hydroxyl groups is 2. The predicted octanol–water partition coefficient (Wildman–Crippen LogP) is 3.56. The van der Waals surface area contributed by atoms with Crippen LogP contribution in [0.4, 0.5) is 0 Å². The molecule has 1 aliphatic heterocycles. The van der Waals surface area contributed by atoms with Crippen molar-refractivity contribution < 1.29 is 32.6 Å². The second kappa shape index (κ2) is 18.9. The van der Waals surface area contributed by atoms with Crippen LogP contribution in [0, 0.1) is 0 Å². The maximum atomic E-state index is 12.9. The second-order valence-electron chi connectivity index (χ2n) is 9.61. The molecule has 204 valence electrons. The molecule has 9 heteroatoms. The summed E-state index contributed by atoms with van der Waals surface area (Å²) in [5.74, 6) is -0.364. The van der Waals surface area contributed by atoms with Gasteiger partial charge in [0.1, 0.15) is 38.0 Å². The third kappa shape index (κ3) is 15.4. The first-order chi connectivity index (χ1) is 16.8. The van der Waals surface area contributed by atoms with E-state index in [0.717, 1.165) is 25.7 Å². The molecular weight excluding hydrogens is 468 g/mol. The van der Waals surface area contributed by atoms with E-state index in [0.29, 0.717) is 31.9 Å². The Hall–Kier alpha value is -1.29. The maximum absolute atomic E-state index is 12.9. The van der Waals surface area contributed by atoms with Crippen LogP contribution in [0.5, 0.6) is 0 Å². The molecule has 0 radical (unpaired) electrons. The minimum atomic E-state index is -4.29. The van der Waals surface area contributed by atoms with Crippen molar-refractivity contribution in [2.24, 2.45) is 0 Å². The first-order valence-corrected chi connectivity index (χ1v) is 15.2. The van der Waals surface area contributed by atoms with Crippen molar-refractivity contribution in [3.63, 3.8) is 0 Å². The molecule has 0 aliphatic carbocycles. The van der Waals surface area contributed by atoms with Crippen molar-refractivity contribution in [3.05, 3.63) is 12.2 Å². The van der Waals surface area contributed by atoms with Crippen LogP contribution in [-0.2, 0) is 14.9 Å². The highest BCUT2D eigenvalue weighted by Crippen LogP contribution is 2.14. The molecule has 0 amide bonds. The summed E-state index contributed by atoms with van der Waals surface area (Å²) in [4.78, 5) is 14.7. The van der Waals surface area contributed by atoms with Crippen molar-refractivity contribution in [2.45, 2.75) is 103 Å². The molecule has 0 aromatic rings. The monoisotopic (exact) mass is 517 g/mol. The highest BCUT2D eigenvalue weighted by atomic mass is 32.2. The summed E-state index contributed by atoms with van der Waals surface area (Å²) < 4.78 is 32.7. The molecule has 35 heavy (non-hydrogen) atoms. The van der Waals surface area contributed by atoms with Crippen LogP contribution in [0.1, 0.15) is 96.8 Å². The van der Waals surface area contributed by atoms with Crippen LogP contribution in [-0.4, -0.2) is 88.9 Å². The van der Waals surface area contributed by atoms with Gasteiger partial charge in [-0.3, -0.25) is 18.8 Å². The quantitative estimate of drug-likeness (QED) is 0.0870. The number of allylic oxidation sites excluding steroid dienone is 2. The lowest BCUT2D eigenvalue weighted by molar-refractivity contribution is -0.525. The molecule has 0 aromatic heterocycles. The normalized spacial score (nSPS) is 15.5. The number of rotatable bonds is 22. The number of hydrogen-bond donors (Lipinski definition) is 3. The summed E-state index contributed by atoms with van der Waals surface area (Å²) in [6.07, 6.45) is 19.2. The third-order valence-electron chi connectivity index (χ3n) is 6.37. The molecule has 8 nitrogen and oxygen atoms in total. The molecule has 3 N–H and O–H groups in total. The fourth-order valence-electron chi connectivity index (χ4n) is 4.61. The Balaban J connectivity index is 2.24. The van der Waals surface area contributed by atoms with Gasteiger partial charge in [0.05, 0.1) is 6.61 Å². The Morgan fingerprint density at radius 1 is 1.00 bits per heavy atom. The van der Waals surface area contributed by atoms with Crippen molar-refractivity contribution in [1.82, 2.24) is 4.90 Å². The molecule has 1 rings (SSSR count). The summed E-state index contributed by atoms with van der Waals surface area (Å²) in [6, 6.07) is 0. The van der Waals surface area contributed by atoms with Gasteiger partial charge in [-0.15, -0.1) is 0 Å². The topological polar surface area (TPSA) is 118 Å². The van der Waals surface area contributed by atoms with Crippen LogP contribution in [0.2, 0.25) is 0 Å². The van der Waals surface area contributed by atoms with Gasteiger partial charge < -0.3 is 10.2 Å². The van der Waals surface area contributed by atoms with Gasteiger partial charge in [0.25, 0.3) is 10.1 Å². The fraction of sp³-hybridized carbons (Fsp3) is 0.846. The molecule has 0 saturated carbocycles. The number of β-amino-alcohol motifs (C(OH)–C–C–N with tert-alkyl or cyclic N) is 2. The van der Waals surface area contributed by atoms with Crippen molar-refractivity contribution in [2.75, 3.05) is 38.5 Å². The average Bonchev–Trinajstić information content (AvgIpc) is 3.17. The number of carbonyl (C=O) groups is 1. The second-order valence-corrected chi connectivity index (χ2v) is 11.1. The van der Waals surface area contributed by atoms with Crippen LogP contribution < -0.4 is 0 Å². The summed E-state index contributed by atoms with van der Waals surface area (Å²) in [5, 5.41) is 19.3. The van der Waals surface area contributed by atoms with E-state index in [2.05, 4.69) is 19.1 Å². The summed E-state index contributed by atoms with van der Waals surface area (Å²) in [6.45, 7) is 3.37. The van der Waals surface area contributed by atoms with E-state index in [1.807, 2.05) is 0 Å². The van der Waals surface area contributed by atoms with E-state index in [1.54, 1.807) is 9.48 Å². The van der Waals surface area contributed by atoms with Crippen LogP contribution in [0.3, 0.4) is 0 Å². The molecule has 1 aliphatic rings. The number of hydrogen-bond acceptors (Lipinski definition) is 6. The first-order valence-electron chi connectivity index (χ1n) is 13.6. The molecule has 0 saturated heterocycles. The van der Waals surface area contributed by atoms with E-state index in [9.17, 15) is 23.4 Å². The van der Waals surface area contributed by atoms with Gasteiger partial charge in [0.2, 0.25) is 5.78 Å². The Morgan fingerprint density at radius 3 is 2.11 bits per heavy atom. The van der Waals surface area contributed by atoms with Gasteiger partial charge in [0, 0.05) is 6.42 Å². The van der Waals surface area contributed by atoms with E-state index in [1.165, 1.54) is 57.8 Å². The summed E-state index contributed by atoms with van der Waals surface area (Å²) >= 11 is 0. The van der Waals surface area contributed by atoms with Gasteiger partial charge in [-0.1, -0.05) is 76.9 Å². The lowest BCUT2D eigenvalue weighted by Crippen LogP contribution is -2.40. The standard InChI is InChI=1S/C26H48N2O6S/c1-2-3-4-5-6-7-8-9-10-11-12-13-14-15-16-17-25(31)26-27(20-21-29)18-19-28(26)22-24(30)23-35(32,33)34/h3-4,24,29-30H,2,5-23H2,1H3/p+1/b4-3+. The molecule has 0 fully saturated rings. The van der Waals surface area contributed by atoms with Gasteiger partial charge >= 0.3 is 5.84 Å². The van der Waals surface area contributed by atoms with Gasteiger partial charge in [-0.05, 0) is 25.7 Å². The van der Waals surface area contributed by atoms with E-state index >= 15 is 0 Å². The fourth-order valence-corrected chi connectivity index (χ4v) is 5.20. The zero-order valence-corrected chi connectivity index (χ0v) is 22.6. The Labute approximate surface area is 212 Å². The zero-order valence-electron chi connectivity index (χ0n) is 21.7. The predicted molar refractivity (Wildman–Crippen MR) is 141 cm³/mol. The highest BCUT2D eigenvalue weighted by Gasteiger charge is 2.36. The largest absolute Gasteiger partial charge is 0.392 e. The lowest BCUT2D eigenvalue weighted by atomic mass is 10.0. The Bertz CT molecular complexity index is 751. The molecular formula is C26H49N2O6S+. The van der Waals surface area contributed by atoms with E-state index < -0.39 is 22.0 Å². The van der Waals surface area contributed by atoms with Crippen LogP contribution in [0.15, 0.2) is 12.2 Å². The van der Waals surface area contributed by atoms with Crippen molar-refractivity contribution >= 4 is 21.7 Å². The molecule has 1 atom stereocenters. The number of nitrogens with zero attached hydrogens (tertiary/aromatic N) is 2. The van der Waals surface area contributed by atoms with Crippen LogP contribution in [0.25, 0.3) is 0 Å². The highest BCUT2D eigenvalue weighted by molar-refractivity contribution is 7.85. The van der Waals surface area contributed by atoms with Crippen molar-refractivity contribution in [3.8, 4) is 0 Å². The third-order valence-corrected chi connectivity index (χ3v) is 7.18. The minimum Gasteiger partial charge on any atom is -0.392 e. The van der Waals surface area contributed by atoms with Crippen molar-refractivity contribution in [1.29, 1.82) is 0 Å². The lowest BCUT2D eigenvalue weighted by Gasteiger charge is -2.13. The Kier molecular flexibility index (Phi) is 17.1. The molecule has 1 heterocycles. The van der Waals surface area contributed by atoms with Crippen LogP contribution >= 0.6 is 0 Å². The number of unbranched alkanes of at least 4 members (excludes halogenated alkanes) is 11. The summed E-state index contributed by atoms with van der Waals surface area (Å²) in [7, 11) is -4.29. The molecule has 0 bridgehead atoms. The number of amidine groups is 1. The van der Waals surface area contributed by atoms with E-state index in [4.69, 9.17) is 4.55 Å². The Morgan fingerprint density at radius 2 is 1.57 bits per heavy atom. The smallest absolute Gasteiger partial charge is 0.316 e. The average molecular weight is 518 g/mol. The maximum Gasteiger partial charge on any atom is 0.316 e. The van der Waals surface area contributed by atoms with Gasteiger partial charge in [-0.25, -0.2) is 0 Å². The number of ketones is 1. The first kappa shape index (κ1) is 31.7. The molecule has 0 spiro atoms. The van der Waals surface area contributed by atoms with Gasteiger partial charge in [-0.2, -0.15) is 8.42 Å². The summed E-state index contributed by atoms with van der Waals surface area (Å²) in [5.41, 5.74) is 0.